The fourth-order valence-electron chi connectivity index (χ4n) is 2.63. The zero-order chi connectivity index (χ0) is 14.2. The van der Waals surface area contributed by atoms with Gasteiger partial charge in [0, 0.05) is 22.5 Å². The van der Waals surface area contributed by atoms with Crippen LogP contribution in [0.15, 0.2) is 60.8 Å². The maximum Gasteiger partial charge on any atom is 0.102 e. The van der Waals surface area contributed by atoms with Crippen LogP contribution in [-0.2, 0) is 0 Å². The second-order valence-corrected chi connectivity index (χ2v) is 11.2. The molecule has 0 N–H and O–H groups in total. The highest BCUT2D eigenvalue weighted by Crippen LogP contribution is 2.27. The van der Waals surface area contributed by atoms with Gasteiger partial charge in [0.2, 0.25) is 0 Å². The molecule has 0 radical (unpaired) electrons. The van der Waals surface area contributed by atoms with Crippen LogP contribution in [0.4, 0.5) is 0 Å². The Morgan fingerprint density at radius 1 is 0.800 bits per heavy atom. The van der Waals surface area contributed by atoms with Gasteiger partial charge in [-0.05, 0) is 10.9 Å². The molecule has 20 heavy (non-hydrogen) atoms. The van der Waals surface area contributed by atoms with E-state index in [0.29, 0.717) is 0 Å². The first-order valence-electron chi connectivity index (χ1n) is 7.01. The van der Waals surface area contributed by atoms with Crippen molar-refractivity contribution in [3.8, 4) is 11.1 Å². The smallest absolute Gasteiger partial charge is 0.102 e. The summed E-state index contributed by atoms with van der Waals surface area (Å²) >= 11 is 0. The predicted molar refractivity (Wildman–Crippen MR) is 90.2 cm³/mol. The number of benzene rings is 2. The molecule has 0 bridgehead atoms. The van der Waals surface area contributed by atoms with Gasteiger partial charge in [-0.3, -0.25) is 4.98 Å². The summed E-state index contributed by atoms with van der Waals surface area (Å²) in [6, 6.07) is 19.2. The van der Waals surface area contributed by atoms with Gasteiger partial charge in [0.15, 0.2) is 0 Å². The van der Waals surface area contributed by atoms with Crippen molar-refractivity contribution >= 4 is 24.2 Å². The zero-order valence-electron chi connectivity index (χ0n) is 12.2. The van der Waals surface area contributed by atoms with Crippen LogP contribution in [-0.4, -0.2) is 13.1 Å². The number of rotatable bonds is 2. The first kappa shape index (κ1) is 13.1. The third-order valence-corrected chi connectivity index (χ3v) is 5.37. The number of nitrogens with zero attached hydrogens (tertiary/aromatic N) is 1. The molecule has 0 aliphatic carbocycles. The highest BCUT2D eigenvalue weighted by molar-refractivity contribution is 6.89. The maximum absolute atomic E-state index is 4.82. The molecule has 0 saturated heterocycles. The van der Waals surface area contributed by atoms with E-state index in [1.54, 1.807) is 0 Å². The van der Waals surface area contributed by atoms with Gasteiger partial charge < -0.3 is 0 Å². The van der Waals surface area contributed by atoms with Crippen molar-refractivity contribution in [2.45, 2.75) is 19.6 Å². The van der Waals surface area contributed by atoms with Crippen molar-refractivity contribution < 1.29 is 0 Å². The second-order valence-electron chi connectivity index (χ2n) is 6.19. The normalized spacial score (nSPS) is 11.8. The molecule has 100 valence electrons. The molecule has 2 aromatic carbocycles. The minimum Gasteiger partial charge on any atom is -0.265 e. The van der Waals surface area contributed by atoms with E-state index in [2.05, 4.69) is 74.2 Å². The van der Waals surface area contributed by atoms with Crippen molar-refractivity contribution in [2.24, 2.45) is 0 Å². The van der Waals surface area contributed by atoms with E-state index in [1.165, 1.54) is 27.2 Å². The summed E-state index contributed by atoms with van der Waals surface area (Å²) in [4.78, 5) is 4.82. The predicted octanol–water partition coefficient (Wildman–Crippen LogP) is 4.45. The summed E-state index contributed by atoms with van der Waals surface area (Å²) in [5.74, 6) is 0. The summed E-state index contributed by atoms with van der Waals surface area (Å²) in [7, 11) is -1.49. The Hall–Kier alpha value is -1.93. The van der Waals surface area contributed by atoms with Crippen molar-refractivity contribution in [3.05, 3.63) is 60.8 Å². The average Bonchev–Trinajstić information content (AvgIpc) is 2.46. The van der Waals surface area contributed by atoms with E-state index in [4.69, 9.17) is 4.98 Å². The quantitative estimate of drug-likeness (QED) is 0.631. The highest BCUT2D eigenvalue weighted by Gasteiger charge is 2.24. The number of hydrogen-bond acceptors (Lipinski definition) is 1. The number of hydrogen-bond donors (Lipinski definition) is 0. The Kier molecular flexibility index (Phi) is 3.18. The molecule has 0 saturated carbocycles. The van der Waals surface area contributed by atoms with Crippen molar-refractivity contribution in [1.82, 2.24) is 4.98 Å². The maximum atomic E-state index is 4.82. The largest absolute Gasteiger partial charge is 0.265 e. The van der Waals surface area contributed by atoms with Crippen molar-refractivity contribution in [1.29, 1.82) is 0 Å². The monoisotopic (exact) mass is 277 g/mol. The zero-order valence-corrected chi connectivity index (χ0v) is 13.2. The minimum absolute atomic E-state index is 1.22. The van der Waals surface area contributed by atoms with E-state index in [-0.39, 0.29) is 0 Å². The van der Waals surface area contributed by atoms with Crippen molar-refractivity contribution in [3.63, 3.8) is 0 Å². The minimum atomic E-state index is -1.49. The number of aromatic nitrogens is 1. The van der Waals surface area contributed by atoms with E-state index >= 15 is 0 Å². The summed E-state index contributed by atoms with van der Waals surface area (Å²) in [6.07, 6.45) is 2.02. The Balaban J connectivity index is 2.41. The Labute approximate surface area is 121 Å². The van der Waals surface area contributed by atoms with Crippen LogP contribution in [0.25, 0.3) is 21.9 Å². The summed E-state index contributed by atoms with van der Waals surface area (Å²) in [5, 5.41) is 3.82. The Morgan fingerprint density at radius 2 is 1.45 bits per heavy atom. The van der Waals surface area contributed by atoms with Gasteiger partial charge in [-0.2, -0.15) is 0 Å². The molecule has 0 aliphatic rings. The number of fused-ring (bicyclic) bond motifs is 1. The lowest BCUT2D eigenvalue weighted by atomic mass is 10.0. The van der Waals surface area contributed by atoms with Gasteiger partial charge in [0.05, 0.1) is 0 Å². The lowest BCUT2D eigenvalue weighted by Crippen LogP contribution is -2.41. The third kappa shape index (κ3) is 2.27. The van der Waals surface area contributed by atoms with E-state index < -0.39 is 8.07 Å². The van der Waals surface area contributed by atoms with Gasteiger partial charge in [0.25, 0.3) is 0 Å². The molecule has 3 aromatic rings. The molecular weight excluding hydrogens is 258 g/mol. The molecule has 0 spiro atoms. The highest BCUT2D eigenvalue weighted by atomic mass is 28.3. The molecule has 0 fully saturated rings. The summed E-state index contributed by atoms with van der Waals surface area (Å²) in [6.45, 7) is 7.07. The van der Waals surface area contributed by atoms with Gasteiger partial charge in [-0.15, -0.1) is 0 Å². The van der Waals surface area contributed by atoms with E-state index in [0.717, 1.165) is 0 Å². The Morgan fingerprint density at radius 3 is 2.15 bits per heavy atom. The first-order chi connectivity index (χ1) is 9.57. The lowest BCUT2D eigenvalue weighted by Gasteiger charge is -2.21. The summed E-state index contributed by atoms with van der Waals surface area (Å²) in [5.41, 5.74) is 2.59. The SMILES string of the molecule is C[Si](C)(C)c1ncc2ccccc2c1-c1ccccc1. The fourth-order valence-corrected chi connectivity index (χ4v) is 4.11. The van der Waals surface area contributed by atoms with Gasteiger partial charge in [-0.1, -0.05) is 74.2 Å². The topological polar surface area (TPSA) is 12.9 Å². The van der Waals surface area contributed by atoms with E-state index in [1.807, 2.05) is 6.20 Å². The van der Waals surface area contributed by atoms with Crippen molar-refractivity contribution in [2.75, 3.05) is 0 Å². The average molecular weight is 277 g/mol. The molecule has 0 unspecified atom stereocenters. The molecule has 0 aliphatic heterocycles. The van der Waals surface area contributed by atoms with E-state index in [9.17, 15) is 0 Å². The van der Waals surface area contributed by atoms with Crippen LogP contribution in [0.3, 0.4) is 0 Å². The molecule has 0 amide bonds. The molecule has 1 nitrogen and oxygen atoms in total. The van der Waals surface area contributed by atoms with Gasteiger partial charge >= 0.3 is 0 Å². The lowest BCUT2D eigenvalue weighted by molar-refractivity contribution is 1.39. The van der Waals surface area contributed by atoms with Crippen LogP contribution >= 0.6 is 0 Å². The molecule has 3 rings (SSSR count). The third-order valence-electron chi connectivity index (χ3n) is 3.57. The molecule has 1 heterocycles. The van der Waals surface area contributed by atoms with Crippen LogP contribution < -0.4 is 5.32 Å². The fraction of sp³-hybridized carbons (Fsp3) is 0.167. The molecular formula is C18H19NSi. The van der Waals surface area contributed by atoms with Crippen LogP contribution in [0.1, 0.15) is 0 Å². The standard InChI is InChI=1S/C18H19NSi/c1-20(2,3)18-17(14-9-5-4-6-10-14)16-12-8-7-11-15(16)13-19-18/h4-13H,1-3H3. The number of pyridine rings is 1. The molecule has 1 aromatic heterocycles. The van der Waals surface area contributed by atoms with Gasteiger partial charge in [0.1, 0.15) is 8.07 Å². The van der Waals surface area contributed by atoms with Crippen LogP contribution in [0.2, 0.25) is 19.6 Å². The molecule has 2 heteroatoms. The summed E-state index contributed by atoms with van der Waals surface area (Å²) < 4.78 is 0. The Bertz CT molecular complexity index is 742. The molecule has 0 atom stereocenters. The second kappa shape index (κ2) is 4.87. The van der Waals surface area contributed by atoms with Crippen LogP contribution in [0, 0.1) is 0 Å². The van der Waals surface area contributed by atoms with Crippen LogP contribution in [0.5, 0.6) is 0 Å². The van der Waals surface area contributed by atoms with Gasteiger partial charge in [-0.25, -0.2) is 0 Å². The first-order valence-corrected chi connectivity index (χ1v) is 10.5.